The van der Waals surface area contributed by atoms with Crippen LogP contribution in [0.4, 0.5) is 0 Å². The maximum Gasteiger partial charge on any atom is 0.227 e. The van der Waals surface area contributed by atoms with E-state index in [1.807, 2.05) is 24.3 Å². The minimum absolute atomic E-state index is 0.373. The van der Waals surface area contributed by atoms with Gasteiger partial charge in [-0.3, -0.25) is 0 Å². The number of nitrogens with zero attached hydrogens (tertiary/aromatic N) is 3. The Morgan fingerprint density at radius 3 is 2.75 bits per heavy atom. The molecule has 1 heterocycles. The van der Waals surface area contributed by atoms with Crippen molar-refractivity contribution in [1.82, 2.24) is 10.1 Å². The number of hydrogen-bond donors (Lipinski definition) is 0. The third kappa shape index (κ3) is 3.26. The topological polar surface area (TPSA) is 81.2 Å². The minimum atomic E-state index is 0.373. The monoisotopic (exact) mass is 273 g/mol. The standard InChI is InChI=1S/C14H15N3O3/c1-18-11-6-5-10(8-12(11)19-2)9-13-16-14(20-17-13)4-3-7-15/h5-6,8H,3-4,9H2,1-2H3. The number of ether oxygens (including phenoxy) is 2. The first kappa shape index (κ1) is 13.9. The molecule has 0 radical (unpaired) electrons. The molecule has 0 saturated heterocycles. The molecular weight excluding hydrogens is 258 g/mol. The van der Waals surface area contributed by atoms with Crippen LogP contribution in [-0.2, 0) is 12.8 Å². The highest BCUT2D eigenvalue weighted by molar-refractivity contribution is 5.43. The lowest BCUT2D eigenvalue weighted by Crippen LogP contribution is -1.95. The van der Waals surface area contributed by atoms with Crippen LogP contribution in [0.25, 0.3) is 0 Å². The Kier molecular flexibility index (Phi) is 4.56. The zero-order valence-corrected chi connectivity index (χ0v) is 11.4. The van der Waals surface area contributed by atoms with Crippen molar-refractivity contribution in [2.24, 2.45) is 0 Å². The first-order valence-electron chi connectivity index (χ1n) is 6.16. The molecule has 0 atom stereocenters. The normalized spacial score (nSPS) is 10.1. The molecule has 0 unspecified atom stereocenters. The summed E-state index contributed by atoms with van der Waals surface area (Å²) >= 11 is 0. The second kappa shape index (κ2) is 6.57. The van der Waals surface area contributed by atoms with Gasteiger partial charge in [0.25, 0.3) is 0 Å². The highest BCUT2D eigenvalue weighted by atomic mass is 16.5. The van der Waals surface area contributed by atoms with Gasteiger partial charge in [-0.15, -0.1) is 0 Å². The fourth-order valence-corrected chi connectivity index (χ4v) is 1.80. The van der Waals surface area contributed by atoms with Crippen LogP contribution < -0.4 is 9.47 Å². The third-order valence-electron chi connectivity index (χ3n) is 2.77. The van der Waals surface area contributed by atoms with E-state index in [-0.39, 0.29) is 0 Å². The Balaban J connectivity index is 2.10. The van der Waals surface area contributed by atoms with Crippen LogP contribution in [0, 0.1) is 11.3 Å². The summed E-state index contributed by atoms with van der Waals surface area (Å²) < 4.78 is 15.5. The lowest BCUT2D eigenvalue weighted by molar-refractivity contribution is 0.354. The number of rotatable bonds is 6. The molecule has 0 saturated carbocycles. The predicted octanol–water partition coefficient (Wildman–Crippen LogP) is 2.13. The summed E-state index contributed by atoms with van der Waals surface area (Å²) in [6.45, 7) is 0. The van der Waals surface area contributed by atoms with Gasteiger partial charge < -0.3 is 14.0 Å². The minimum Gasteiger partial charge on any atom is -0.493 e. The molecule has 1 aromatic carbocycles. The fourth-order valence-electron chi connectivity index (χ4n) is 1.80. The van der Waals surface area contributed by atoms with Crippen LogP contribution >= 0.6 is 0 Å². The maximum absolute atomic E-state index is 8.51. The fraction of sp³-hybridized carbons (Fsp3) is 0.357. The van der Waals surface area contributed by atoms with Gasteiger partial charge in [-0.1, -0.05) is 11.2 Å². The van der Waals surface area contributed by atoms with Gasteiger partial charge in [0.15, 0.2) is 17.3 Å². The SMILES string of the molecule is COc1ccc(Cc2noc(CCC#N)n2)cc1OC. The van der Waals surface area contributed by atoms with E-state index in [0.29, 0.717) is 42.5 Å². The molecule has 1 aromatic heterocycles. The van der Waals surface area contributed by atoms with E-state index < -0.39 is 0 Å². The van der Waals surface area contributed by atoms with Crippen molar-refractivity contribution in [3.63, 3.8) is 0 Å². The Morgan fingerprint density at radius 2 is 2.05 bits per heavy atom. The summed E-state index contributed by atoms with van der Waals surface area (Å²) in [5.41, 5.74) is 0.996. The zero-order chi connectivity index (χ0) is 14.4. The van der Waals surface area contributed by atoms with E-state index in [4.69, 9.17) is 19.3 Å². The third-order valence-corrected chi connectivity index (χ3v) is 2.77. The summed E-state index contributed by atoms with van der Waals surface area (Å²) in [6.07, 6.45) is 1.39. The smallest absolute Gasteiger partial charge is 0.227 e. The average Bonchev–Trinajstić information content (AvgIpc) is 2.92. The number of aryl methyl sites for hydroxylation is 1. The zero-order valence-electron chi connectivity index (χ0n) is 11.4. The number of benzene rings is 1. The molecular formula is C14H15N3O3. The van der Waals surface area contributed by atoms with Gasteiger partial charge in [0.2, 0.25) is 5.89 Å². The first-order valence-corrected chi connectivity index (χ1v) is 6.16. The lowest BCUT2D eigenvalue weighted by Gasteiger charge is -2.08. The first-order chi connectivity index (χ1) is 9.76. The van der Waals surface area contributed by atoms with Gasteiger partial charge in [0, 0.05) is 19.3 Å². The van der Waals surface area contributed by atoms with E-state index in [0.717, 1.165) is 5.56 Å². The van der Waals surface area contributed by atoms with Crippen LogP contribution in [0.3, 0.4) is 0 Å². The molecule has 0 aliphatic carbocycles. The average molecular weight is 273 g/mol. The number of nitriles is 1. The van der Waals surface area contributed by atoms with Crippen LogP contribution in [-0.4, -0.2) is 24.4 Å². The van der Waals surface area contributed by atoms with E-state index >= 15 is 0 Å². The number of hydrogen-bond acceptors (Lipinski definition) is 6. The maximum atomic E-state index is 8.51. The van der Waals surface area contributed by atoms with Gasteiger partial charge in [-0.05, 0) is 17.7 Å². The van der Waals surface area contributed by atoms with Crippen LogP contribution in [0.5, 0.6) is 11.5 Å². The molecule has 0 bridgehead atoms. The molecule has 0 aliphatic rings. The van der Waals surface area contributed by atoms with Crippen LogP contribution in [0.15, 0.2) is 22.7 Å². The Labute approximate surface area is 116 Å². The van der Waals surface area contributed by atoms with E-state index in [9.17, 15) is 0 Å². The molecule has 0 fully saturated rings. The molecule has 0 spiro atoms. The Morgan fingerprint density at radius 1 is 1.25 bits per heavy atom. The molecule has 0 N–H and O–H groups in total. The Bertz CT molecular complexity index is 616. The molecule has 104 valence electrons. The van der Waals surface area contributed by atoms with E-state index in [1.54, 1.807) is 14.2 Å². The molecule has 20 heavy (non-hydrogen) atoms. The molecule has 2 rings (SSSR count). The largest absolute Gasteiger partial charge is 0.493 e. The molecule has 6 heteroatoms. The van der Waals surface area contributed by atoms with Gasteiger partial charge in [-0.25, -0.2) is 0 Å². The van der Waals surface area contributed by atoms with Crippen molar-refractivity contribution in [2.45, 2.75) is 19.3 Å². The van der Waals surface area contributed by atoms with Crippen LogP contribution in [0.2, 0.25) is 0 Å². The van der Waals surface area contributed by atoms with Gasteiger partial charge in [0.1, 0.15) is 0 Å². The van der Waals surface area contributed by atoms with E-state index in [2.05, 4.69) is 10.1 Å². The van der Waals surface area contributed by atoms with Crippen molar-refractivity contribution in [3.05, 3.63) is 35.5 Å². The summed E-state index contributed by atoms with van der Waals surface area (Å²) in [7, 11) is 3.19. The van der Waals surface area contributed by atoms with Crippen molar-refractivity contribution in [1.29, 1.82) is 5.26 Å². The number of aromatic nitrogens is 2. The van der Waals surface area contributed by atoms with Crippen molar-refractivity contribution in [2.75, 3.05) is 14.2 Å². The second-order valence-corrected chi connectivity index (χ2v) is 4.13. The molecule has 0 amide bonds. The highest BCUT2D eigenvalue weighted by Crippen LogP contribution is 2.28. The second-order valence-electron chi connectivity index (χ2n) is 4.13. The van der Waals surface area contributed by atoms with Gasteiger partial charge >= 0.3 is 0 Å². The Hall–Kier alpha value is -2.55. The number of methoxy groups -OCH3 is 2. The summed E-state index contributed by atoms with van der Waals surface area (Å²) in [6, 6.07) is 7.69. The van der Waals surface area contributed by atoms with Gasteiger partial charge in [0.05, 0.1) is 20.3 Å². The van der Waals surface area contributed by atoms with Gasteiger partial charge in [-0.2, -0.15) is 10.2 Å². The predicted molar refractivity (Wildman–Crippen MR) is 70.6 cm³/mol. The lowest BCUT2D eigenvalue weighted by atomic mass is 10.1. The van der Waals surface area contributed by atoms with Crippen molar-refractivity contribution in [3.8, 4) is 17.6 Å². The summed E-state index contributed by atoms with van der Waals surface area (Å²) in [5.74, 6) is 2.42. The highest BCUT2D eigenvalue weighted by Gasteiger charge is 2.09. The molecule has 0 aliphatic heterocycles. The molecule has 2 aromatic rings. The van der Waals surface area contributed by atoms with Crippen molar-refractivity contribution < 1.29 is 14.0 Å². The molecule has 6 nitrogen and oxygen atoms in total. The quantitative estimate of drug-likeness (QED) is 0.802. The summed E-state index contributed by atoms with van der Waals surface area (Å²) in [4.78, 5) is 4.24. The van der Waals surface area contributed by atoms with Crippen LogP contribution in [0.1, 0.15) is 23.7 Å². The summed E-state index contributed by atoms with van der Waals surface area (Å²) in [5, 5.41) is 12.4. The van der Waals surface area contributed by atoms with Crippen molar-refractivity contribution >= 4 is 0 Å². The van der Waals surface area contributed by atoms with E-state index in [1.165, 1.54) is 0 Å².